The largest absolute Gasteiger partial charge is 0.472 e. The molecule has 0 aliphatic heterocycles. The summed E-state index contributed by atoms with van der Waals surface area (Å²) in [4.78, 5) is 22.5. The highest BCUT2D eigenvalue weighted by Gasteiger charge is 2.25. The Bertz CT molecular complexity index is 884. The average molecular weight is 786 g/mol. The number of hydrogen-bond donors (Lipinski definition) is 2. The average Bonchev–Trinajstić information content (AvgIpc) is 3.16. The maximum atomic E-state index is 12.6. The van der Waals surface area contributed by atoms with E-state index in [4.69, 9.17) is 24.3 Å². The third-order valence-corrected chi connectivity index (χ3v) is 10.8. The number of allylic oxidation sites excluding steroid dienone is 4. The summed E-state index contributed by atoms with van der Waals surface area (Å²) in [6, 6.07) is 0. The van der Waals surface area contributed by atoms with Crippen LogP contribution in [0.15, 0.2) is 24.3 Å². The van der Waals surface area contributed by atoms with E-state index in [-0.39, 0.29) is 38.8 Å². The van der Waals surface area contributed by atoms with E-state index in [1.165, 1.54) is 167 Å². The van der Waals surface area contributed by atoms with Crippen LogP contribution in [0.3, 0.4) is 0 Å². The highest BCUT2D eigenvalue weighted by molar-refractivity contribution is 7.47. The summed E-state index contributed by atoms with van der Waals surface area (Å²) in [6.07, 6.45) is 48.0. The van der Waals surface area contributed by atoms with Gasteiger partial charge in [-0.2, -0.15) is 0 Å². The molecule has 0 aliphatic carbocycles. The topological polar surface area (TPSA) is 117 Å². The van der Waals surface area contributed by atoms with E-state index in [2.05, 4.69) is 32.1 Å². The Morgan fingerprint density at radius 1 is 0.537 bits per heavy atom. The molecule has 0 fully saturated rings. The Morgan fingerprint density at radius 3 is 1.35 bits per heavy atom. The lowest BCUT2D eigenvalue weighted by atomic mass is 10.0. The van der Waals surface area contributed by atoms with E-state index in [1.54, 1.807) is 0 Å². The Kier molecular flexibility index (Phi) is 42.3. The first-order valence-corrected chi connectivity index (χ1v) is 24.3. The van der Waals surface area contributed by atoms with Gasteiger partial charge < -0.3 is 20.1 Å². The van der Waals surface area contributed by atoms with Gasteiger partial charge in [-0.05, 0) is 44.9 Å². The fourth-order valence-corrected chi connectivity index (χ4v) is 7.26. The first-order chi connectivity index (χ1) is 26.4. The van der Waals surface area contributed by atoms with Gasteiger partial charge in [0.25, 0.3) is 0 Å². The molecular weight excluding hydrogens is 697 g/mol. The van der Waals surface area contributed by atoms with E-state index in [0.29, 0.717) is 13.0 Å². The molecular formula is C45H88NO7P. The van der Waals surface area contributed by atoms with Crippen LogP contribution >= 0.6 is 7.82 Å². The van der Waals surface area contributed by atoms with Gasteiger partial charge in [-0.15, -0.1) is 0 Å². The van der Waals surface area contributed by atoms with Crippen LogP contribution < -0.4 is 5.73 Å². The molecule has 54 heavy (non-hydrogen) atoms. The second kappa shape index (κ2) is 43.1. The second-order valence-corrected chi connectivity index (χ2v) is 16.7. The Balaban J connectivity index is 4.05. The molecule has 0 aliphatic rings. The van der Waals surface area contributed by atoms with Crippen molar-refractivity contribution in [3.63, 3.8) is 0 Å². The van der Waals surface area contributed by atoms with Crippen LogP contribution in [0.1, 0.15) is 219 Å². The van der Waals surface area contributed by atoms with Crippen molar-refractivity contribution in [2.24, 2.45) is 5.73 Å². The smallest absolute Gasteiger partial charge is 0.457 e. The monoisotopic (exact) mass is 786 g/mol. The third kappa shape index (κ3) is 42.1. The van der Waals surface area contributed by atoms with Gasteiger partial charge in [0.1, 0.15) is 6.10 Å². The maximum absolute atomic E-state index is 12.6. The minimum atomic E-state index is -4.29. The molecule has 320 valence electrons. The summed E-state index contributed by atoms with van der Waals surface area (Å²) in [5, 5.41) is 0. The van der Waals surface area contributed by atoms with Crippen molar-refractivity contribution in [2.75, 3.05) is 33.0 Å². The first kappa shape index (κ1) is 53.0. The second-order valence-electron chi connectivity index (χ2n) is 15.3. The lowest BCUT2D eigenvalue weighted by Crippen LogP contribution is -2.28. The summed E-state index contributed by atoms with van der Waals surface area (Å²) in [5.41, 5.74) is 5.37. The minimum absolute atomic E-state index is 0.0834. The first-order valence-electron chi connectivity index (χ1n) is 22.8. The quantitative estimate of drug-likeness (QED) is 0.0271. The molecule has 0 saturated heterocycles. The van der Waals surface area contributed by atoms with Crippen molar-refractivity contribution in [3.05, 3.63) is 24.3 Å². The summed E-state index contributed by atoms with van der Waals surface area (Å²) in [7, 11) is -4.29. The zero-order valence-electron chi connectivity index (χ0n) is 35.5. The number of nitrogens with two attached hydrogens (primary N) is 1. The van der Waals surface area contributed by atoms with Crippen LogP contribution in [-0.4, -0.2) is 49.9 Å². The van der Waals surface area contributed by atoms with E-state index in [0.717, 1.165) is 25.7 Å². The molecule has 0 radical (unpaired) electrons. The summed E-state index contributed by atoms with van der Waals surface area (Å²) in [5.74, 6) is -0.384. The van der Waals surface area contributed by atoms with Gasteiger partial charge in [0.15, 0.2) is 0 Å². The lowest BCUT2D eigenvalue weighted by molar-refractivity contribution is -0.154. The molecule has 0 aromatic rings. The van der Waals surface area contributed by atoms with E-state index in [1.807, 2.05) is 6.08 Å². The minimum Gasteiger partial charge on any atom is -0.457 e. The zero-order valence-corrected chi connectivity index (χ0v) is 36.4. The SMILES string of the molecule is CCCCCCCCCCCCC/C=C\CCCOCC(COP(=O)(O)OCCN)OC(=O)CC/C=C\CCCCCCCCCCCCCCCCC. The van der Waals surface area contributed by atoms with E-state index < -0.39 is 13.9 Å². The van der Waals surface area contributed by atoms with E-state index in [9.17, 15) is 14.3 Å². The number of phosphoric acid groups is 1. The molecule has 0 saturated carbocycles. The standard InChI is InChI=1S/C45H88NO7P/c1-3-5-7-9-11-13-15-17-19-21-22-23-24-26-28-30-32-34-36-38-45(47)53-44(43-52-54(48,49)51-41-39-46)42-50-40-37-35-33-31-29-27-25-20-18-16-14-12-10-8-6-4-2/h31-34,44H,3-30,35-43,46H2,1-2H3,(H,48,49)/b33-31-,34-32-. The van der Waals surface area contributed by atoms with Crippen molar-refractivity contribution >= 4 is 13.8 Å². The van der Waals surface area contributed by atoms with Gasteiger partial charge >= 0.3 is 13.8 Å². The summed E-state index contributed by atoms with van der Waals surface area (Å²) >= 11 is 0. The predicted octanol–water partition coefficient (Wildman–Crippen LogP) is 13.6. The van der Waals surface area contributed by atoms with Crippen molar-refractivity contribution in [3.8, 4) is 0 Å². The fourth-order valence-electron chi connectivity index (χ4n) is 6.49. The van der Waals surface area contributed by atoms with Crippen molar-refractivity contribution < 1.29 is 32.8 Å². The van der Waals surface area contributed by atoms with Gasteiger partial charge in [0.05, 0.1) is 19.8 Å². The lowest BCUT2D eigenvalue weighted by Gasteiger charge is -2.19. The highest BCUT2D eigenvalue weighted by Crippen LogP contribution is 2.43. The summed E-state index contributed by atoms with van der Waals surface area (Å²) in [6.45, 7) is 4.82. The number of ether oxygens (including phenoxy) is 2. The molecule has 9 heteroatoms. The molecule has 3 N–H and O–H groups in total. The third-order valence-electron chi connectivity index (χ3n) is 9.85. The molecule has 8 nitrogen and oxygen atoms in total. The van der Waals surface area contributed by atoms with Crippen molar-refractivity contribution in [1.82, 2.24) is 0 Å². The Labute approximate surface area is 334 Å². The van der Waals surface area contributed by atoms with Gasteiger partial charge in [0, 0.05) is 19.6 Å². The molecule has 0 aromatic heterocycles. The van der Waals surface area contributed by atoms with Crippen LogP contribution in [0.4, 0.5) is 0 Å². The van der Waals surface area contributed by atoms with Gasteiger partial charge in [-0.1, -0.05) is 192 Å². The molecule has 0 amide bonds. The number of phosphoric ester groups is 1. The van der Waals surface area contributed by atoms with Gasteiger partial charge in [-0.25, -0.2) is 4.57 Å². The van der Waals surface area contributed by atoms with Crippen molar-refractivity contribution in [2.45, 2.75) is 225 Å². The molecule has 2 unspecified atom stereocenters. The number of carbonyl (C=O) groups excluding carboxylic acids is 1. The normalized spacial score (nSPS) is 13.6. The molecule has 2 atom stereocenters. The van der Waals surface area contributed by atoms with Gasteiger partial charge in [0.2, 0.25) is 0 Å². The highest BCUT2D eigenvalue weighted by atomic mass is 31.2. The van der Waals surface area contributed by atoms with Crippen LogP contribution in [0, 0.1) is 0 Å². The number of unbranched alkanes of at least 4 members (excludes halogenated alkanes) is 27. The van der Waals surface area contributed by atoms with Crippen LogP contribution in [0.5, 0.6) is 0 Å². The maximum Gasteiger partial charge on any atom is 0.472 e. The Morgan fingerprint density at radius 2 is 0.926 bits per heavy atom. The zero-order chi connectivity index (χ0) is 39.5. The van der Waals surface area contributed by atoms with Crippen LogP contribution in [-0.2, 0) is 27.9 Å². The fraction of sp³-hybridized carbons (Fsp3) is 0.889. The Hall–Kier alpha value is -1.02. The molecule has 0 rings (SSSR count). The number of esters is 1. The molecule has 0 aromatic carbocycles. The molecule has 0 heterocycles. The number of carbonyl (C=O) groups is 1. The predicted molar refractivity (Wildman–Crippen MR) is 229 cm³/mol. The number of rotatable bonds is 44. The number of hydrogen-bond acceptors (Lipinski definition) is 7. The summed E-state index contributed by atoms with van der Waals surface area (Å²) < 4.78 is 33.4. The molecule has 0 bridgehead atoms. The van der Waals surface area contributed by atoms with E-state index >= 15 is 0 Å². The molecule has 0 spiro atoms. The van der Waals surface area contributed by atoms with Crippen LogP contribution in [0.2, 0.25) is 0 Å². The van der Waals surface area contributed by atoms with Crippen molar-refractivity contribution in [1.29, 1.82) is 0 Å². The van der Waals surface area contributed by atoms with Crippen LogP contribution in [0.25, 0.3) is 0 Å². The van der Waals surface area contributed by atoms with Gasteiger partial charge in [-0.3, -0.25) is 13.8 Å².